The standard InChI is InChI=1S/C11H7ClF3N3O2/c12-7-4-5(16)3-6(10(19)20)9(7)18-2-1-8(17-18)11(13,14)15/h1-4H,16H2,(H,19,20). The summed E-state index contributed by atoms with van der Waals surface area (Å²) in [5.41, 5.74) is 3.87. The van der Waals surface area contributed by atoms with Crippen LogP contribution in [0, 0.1) is 0 Å². The molecular formula is C11H7ClF3N3O2. The summed E-state index contributed by atoms with van der Waals surface area (Å²) < 4.78 is 38.2. The minimum absolute atomic E-state index is 0.0827. The molecule has 9 heteroatoms. The third-order valence-electron chi connectivity index (χ3n) is 2.42. The van der Waals surface area contributed by atoms with Crippen LogP contribution in [0.25, 0.3) is 5.69 Å². The zero-order valence-electron chi connectivity index (χ0n) is 9.65. The first kappa shape index (κ1) is 14.2. The molecule has 3 N–H and O–H groups in total. The molecule has 0 fully saturated rings. The van der Waals surface area contributed by atoms with E-state index < -0.39 is 17.8 Å². The first-order chi connectivity index (χ1) is 9.20. The Morgan fingerprint density at radius 3 is 2.55 bits per heavy atom. The summed E-state index contributed by atoms with van der Waals surface area (Å²) in [6.07, 6.45) is -3.65. The first-order valence-corrected chi connectivity index (χ1v) is 5.53. The van der Waals surface area contributed by atoms with E-state index in [4.69, 9.17) is 22.4 Å². The van der Waals surface area contributed by atoms with Crippen molar-refractivity contribution in [2.45, 2.75) is 6.18 Å². The van der Waals surface area contributed by atoms with Crippen molar-refractivity contribution >= 4 is 23.3 Å². The van der Waals surface area contributed by atoms with Gasteiger partial charge in [0, 0.05) is 11.9 Å². The van der Waals surface area contributed by atoms with E-state index >= 15 is 0 Å². The predicted molar refractivity (Wildman–Crippen MR) is 64.9 cm³/mol. The van der Waals surface area contributed by atoms with Crippen LogP contribution in [0.3, 0.4) is 0 Å². The van der Waals surface area contributed by atoms with Crippen LogP contribution in [-0.2, 0) is 6.18 Å². The molecule has 0 spiro atoms. The molecule has 20 heavy (non-hydrogen) atoms. The van der Waals surface area contributed by atoms with Crippen LogP contribution >= 0.6 is 11.6 Å². The lowest BCUT2D eigenvalue weighted by atomic mass is 10.1. The number of halogens is 4. The molecule has 1 heterocycles. The van der Waals surface area contributed by atoms with Crippen molar-refractivity contribution in [1.82, 2.24) is 9.78 Å². The molecule has 1 aromatic carbocycles. The number of nitrogens with zero attached hydrogens (tertiary/aromatic N) is 2. The van der Waals surface area contributed by atoms with Crippen LogP contribution in [0.5, 0.6) is 0 Å². The SMILES string of the molecule is Nc1cc(Cl)c(-n2ccc(C(F)(F)F)n2)c(C(=O)O)c1. The second-order valence-electron chi connectivity index (χ2n) is 3.85. The number of hydrogen-bond acceptors (Lipinski definition) is 3. The fourth-order valence-electron chi connectivity index (χ4n) is 1.62. The van der Waals surface area contributed by atoms with Gasteiger partial charge in [0.25, 0.3) is 0 Å². The number of carbonyl (C=O) groups is 1. The number of carboxylic acids is 1. The highest BCUT2D eigenvalue weighted by atomic mass is 35.5. The second kappa shape index (κ2) is 4.71. The van der Waals surface area contributed by atoms with Gasteiger partial charge in [0.1, 0.15) is 0 Å². The minimum Gasteiger partial charge on any atom is -0.478 e. The molecular weight excluding hydrogens is 299 g/mol. The Morgan fingerprint density at radius 2 is 2.05 bits per heavy atom. The number of anilines is 1. The lowest BCUT2D eigenvalue weighted by Gasteiger charge is -2.10. The number of aromatic nitrogens is 2. The Kier molecular flexibility index (Phi) is 3.34. The van der Waals surface area contributed by atoms with E-state index in [1.54, 1.807) is 0 Å². The van der Waals surface area contributed by atoms with Crippen molar-refractivity contribution in [3.8, 4) is 5.69 Å². The van der Waals surface area contributed by atoms with Gasteiger partial charge in [-0.15, -0.1) is 0 Å². The van der Waals surface area contributed by atoms with Crippen molar-refractivity contribution in [2.75, 3.05) is 5.73 Å². The lowest BCUT2D eigenvalue weighted by molar-refractivity contribution is -0.141. The highest BCUT2D eigenvalue weighted by Gasteiger charge is 2.34. The van der Waals surface area contributed by atoms with Crippen molar-refractivity contribution in [1.29, 1.82) is 0 Å². The predicted octanol–water partition coefficient (Wildman–Crippen LogP) is 2.82. The third-order valence-corrected chi connectivity index (χ3v) is 2.71. The molecule has 0 bridgehead atoms. The van der Waals surface area contributed by atoms with Gasteiger partial charge in [-0.1, -0.05) is 11.6 Å². The van der Waals surface area contributed by atoms with Crippen molar-refractivity contribution in [2.24, 2.45) is 0 Å². The zero-order chi connectivity index (χ0) is 15.1. The molecule has 2 rings (SSSR count). The van der Waals surface area contributed by atoms with E-state index in [0.29, 0.717) is 0 Å². The van der Waals surface area contributed by atoms with E-state index in [-0.39, 0.29) is 22.0 Å². The Hall–Kier alpha value is -2.22. The van der Waals surface area contributed by atoms with Gasteiger partial charge < -0.3 is 10.8 Å². The number of benzene rings is 1. The Morgan fingerprint density at radius 1 is 1.40 bits per heavy atom. The molecule has 106 valence electrons. The average Bonchev–Trinajstić information content (AvgIpc) is 2.76. The molecule has 1 aromatic heterocycles. The summed E-state index contributed by atoms with van der Waals surface area (Å²) in [6.45, 7) is 0. The molecule has 0 unspecified atom stereocenters. The van der Waals surface area contributed by atoms with E-state index in [2.05, 4.69) is 5.10 Å². The van der Waals surface area contributed by atoms with Crippen LogP contribution in [0.15, 0.2) is 24.4 Å². The highest BCUT2D eigenvalue weighted by molar-refractivity contribution is 6.33. The van der Waals surface area contributed by atoms with Gasteiger partial charge in [-0.05, 0) is 18.2 Å². The maximum absolute atomic E-state index is 12.5. The number of nitrogens with two attached hydrogens (primary N) is 1. The Labute approximate surface area is 115 Å². The van der Waals surface area contributed by atoms with Crippen molar-refractivity contribution < 1.29 is 23.1 Å². The molecule has 0 saturated carbocycles. The maximum atomic E-state index is 12.5. The molecule has 0 radical (unpaired) electrons. The van der Waals surface area contributed by atoms with Gasteiger partial charge in [0.15, 0.2) is 5.69 Å². The number of alkyl halides is 3. The summed E-state index contributed by atoms with van der Waals surface area (Å²) in [4.78, 5) is 11.1. The van der Waals surface area contributed by atoms with Crippen LogP contribution in [0.4, 0.5) is 18.9 Å². The number of nitrogen functional groups attached to an aromatic ring is 1. The zero-order valence-corrected chi connectivity index (χ0v) is 10.4. The number of hydrogen-bond donors (Lipinski definition) is 2. The van der Waals surface area contributed by atoms with E-state index in [0.717, 1.165) is 23.0 Å². The largest absolute Gasteiger partial charge is 0.478 e. The fourth-order valence-corrected chi connectivity index (χ4v) is 1.93. The van der Waals surface area contributed by atoms with Crippen LogP contribution in [0.2, 0.25) is 5.02 Å². The average molecular weight is 306 g/mol. The van der Waals surface area contributed by atoms with Gasteiger partial charge in [-0.25, -0.2) is 9.48 Å². The smallest absolute Gasteiger partial charge is 0.435 e. The van der Waals surface area contributed by atoms with E-state index in [1.165, 1.54) is 6.07 Å². The van der Waals surface area contributed by atoms with Gasteiger partial charge in [-0.3, -0.25) is 0 Å². The van der Waals surface area contributed by atoms with Crippen LogP contribution in [-0.4, -0.2) is 20.9 Å². The molecule has 0 atom stereocenters. The normalized spacial score (nSPS) is 11.6. The molecule has 0 aliphatic carbocycles. The second-order valence-corrected chi connectivity index (χ2v) is 4.25. The Balaban J connectivity index is 2.63. The van der Waals surface area contributed by atoms with Gasteiger partial charge in [0.2, 0.25) is 0 Å². The number of carboxylic acid groups (broad SMARTS) is 1. The lowest BCUT2D eigenvalue weighted by Crippen LogP contribution is -2.10. The quantitative estimate of drug-likeness (QED) is 0.836. The molecule has 0 amide bonds. The third kappa shape index (κ3) is 2.55. The van der Waals surface area contributed by atoms with Crippen LogP contribution < -0.4 is 5.73 Å². The van der Waals surface area contributed by atoms with Crippen molar-refractivity contribution in [3.05, 3.63) is 40.7 Å². The molecule has 0 aliphatic rings. The van der Waals surface area contributed by atoms with E-state index in [9.17, 15) is 18.0 Å². The van der Waals surface area contributed by atoms with E-state index in [1.807, 2.05) is 0 Å². The molecule has 0 aliphatic heterocycles. The first-order valence-electron chi connectivity index (χ1n) is 5.15. The van der Waals surface area contributed by atoms with Gasteiger partial charge in [-0.2, -0.15) is 18.3 Å². The minimum atomic E-state index is -4.63. The monoisotopic (exact) mass is 305 g/mol. The fraction of sp³-hybridized carbons (Fsp3) is 0.0909. The summed E-state index contributed by atoms with van der Waals surface area (Å²) in [6, 6.07) is 3.05. The summed E-state index contributed by atoms with van der Waals surface area (Å²) in [5.74, 6) is -1.38. The molecule has 5 nitrogen and oxygen atoms in total. The topological polar surface area (TPSA) is 81.1 Å². The van der Waals surface area contributed by atoms with Crippen molar-refractivity contribution in [3.63, 3.8) is 0 Å². The Bertz CT molecular complexity index is 682. The number of rotatable bonds is 2. The van der Waals surface area contributed by atoms with Crippen LogP contribution in [0.1, 0.15) is 16.1 Å². The van der Waals surface area contributed by atoms with Gasteiger partial charge in [0.05, 0.1) is 16.3 Å². The highest BCUT2D eigenvalue weighted by Crippen LogP contribution is 2.31. The maximum Gasteiger partial charge on any atom is 0.435 e. The van der Waals surface area contributed by atoms with Gasteiger partial charge >= 0.3 is 12.1 Å². The molecule has 0 saturated heterocycles. The molecule has 2 aromatic rings. The summed E-state index contributed by atoms with van der Waals surface area (Å²) in [5, 5.41) is 12.2. The number of aromatic carboxylic acids is 1. The summed E-state index contributed by atoms with van der Waals surface area (Å²) >= 11 is 5.85. The summed E-state index contributed by atoms with van der Waals surface area (Å²) in [7, 11) is 0.